The van der Waals surface area contributed by atoms with Gasteiger partial charge in [0, 0.05) is 16.5 Å². The minimum atomic E-state index is -0.310. The van der Waals surface area contributed by atoms with E-state index in [1.165, 1.54) is 29.8 Å². The monoisotopic (exact) mass is 408 g/mol. The van der Waals surface area contributed by atoms with E-state index in [1.807, 2.05) is 5.38 Å². The SMILES string of the molecule is O=C(COc1ncnc2scc(-c3ccc(F)cc3)c12)c1ccc2c(c1)OCO2. The number of ketones is 1. The summed E-state index contributed by atoms with van der Waals surface area (Å²) in [6, 6.07) is 11.2. The smallest absolute Gasteiger partial charge is 0.231 e. The molecule has 2 aromatic carbocycles. The Labute approximate surface area is 168 Å². The Hall–Kier alpha value is -3.52. The van der Waals surface area contributed by atoms with Gasteiger partial charge in [0.05, 0.1) is 5.39 Å². The average molecular weight is 408 g/mol. The largest absolute Gasteiger partial charge is 0.469 e. The van der Waals surface area contributed by atoms with Crippen LogP contribution in [0.25, 0.3) is 21.3 Å². The van der Waals surface area contributed by atoms with Crippen LogP contribution in [0.1, 0.15) is 10.4 Å². The third kappa shape index (κ3) is 3.27. The summed E-state index contributed by atoms with van der Waals surface area (Å²) < 4.78 is 29.6. The number of hydrogen-bond donors (Lipinski definition) is 0. The fraction of sp³-hybridized carbons (Fsp3) is 0.0952. The van der Waals surface area contributed by atoms with Crippen LogP contribution in [-0.2, 0) is 0 Å². The van der Waals surface area contributed by atoms with E-state index in [2.05, 4.69) is 9.97 Å². The first kappa shape index (κ1) is 17.6. The van der Waals surface area contributed by atoms with Crippen LogP contribution in [0, 0.1) is 5.82 Å². The second kappa shape index (κ2) is 7.14. The van der Waals surface area contributed by atoms with Crippen LogP contribution >= 0.6 is 11.3 Å². The predicted molar refractivity (Wildman–Crippen MR) is 105 cm³/mol. The predicted octanol–water partition coefficient (Wildman–Crippen LogP) is 4.49. The van der Waals surface area contributed by atoms with Gasteiger partial charge < -0.3 is 14.2 Å². The highest BCUT2D eigenvalue weighted by Gasteiger charge is 2.18. The van der Waals surface area contributed by atoms with E-state index in [4.69, 9.17) is 14.2 Å². The molecule has 144 valence electrons. The van der Waals surface area contributed by atoms with Gasteiger partial charge in [-0.05, 0) is 35.9 Å². The van der Waals surface area contributed by atoms with E-state index in [1.54, 1.807) is 30.3 Å². The summed E-state index contributed by atoms with van der Waals surface area (Å²) in [5.74, 6) is 0.938. The van der Waals surface area contributed by atoms with E-state index >= 15 is 0 Å². The highest BCUT2D eigenvalue weighted by Crippen LogP contribution is 2.37. The third-order valence-electron chi connectivity index (χ3n) is 4.53. The number of nitrogens with zero attached hydrogens (tertiary/aromatic N) is 2. The van der Waals surface area contributed by atoms with Crippen molar-refractivity contribution in [2.45, 2.75) is 0 Å². The first-order valence-electron chi connectivity index (χ1n) is 8.73. The van der Waals surface area contributed by atoms with Crippen LogP contribution in [0.15, 0.2) is 54.2 Å². The second-order valence-corrected chi connectivity index (χ2v) is 7.15. The fourth-order valence-corrected chi connectivity index (χ4v) is 3.99. The number of hydrogen-bond acceptors (Lipinski definition) is 7. The molecule has 0 aliphatic carbocycles. The summed E-state index contributed by atoms with van der Waals surface area (Å²) in [5.41, 5.74) is 2.11. The number of rotatable bonds is 5. The summed E-state index contributed by atoms with van der Waals surface area (Å²) in [6.07, 6.45) is 1.40. The van der Waals surface area contributed by atoms with E-state index < -0.39 is 0 Å². The number of thiophene rings is 1. The number of ether oxygens (including phenoxy) is 3. The topological polar surface area (TPSA) is 70.5 Å². The maximum atomic E-state index is 13.3. The van der Waals surface area contributed by atoms with E-state index in [0.717, 1.165) is 16.0 Å². The van der Waals surface area contributed by atoms with Crippen LogP contribution in [0.4, 0.5) is 4.39 Å². The van der Waals surface area contributed by atoms with Crippen molar-refractivity contribution in [2.75, 3.05) is 13.4 Å². The van der Waals surface area contributed by atoms with Crippen molar-refractivity contribution < 1.29 is 23.4 Å². The molecule has 0 radical (unpaired) electrons. The van der Waals surface area contributed by atoms with Crippen molar-refractivity contribution in [3.63, 3.8) is 0 Å². The van der Waals surface area contributed by atoms with E-state index in [9.17, 15) is 9.18 Å². The molecule has 0 atom stereocenters. The summed E-state index contributed by atoms with van der Waals surface area (Å²) >= 11 is 1.43. The molecule has 0 spiro atoms. The van der Waals surface area contributed by atoms with Crippen LogP contribution in [0.2, 0.25) is 0 Å². The van der Waals surface area contributed by atoms with Gasteiger partial charge in [-0.25, -0.2) is 14.4 Å². The van der Waals surface area contributed by atoms with E-state index in [0.29, 0.717) is 28.3 Å². The Morgan fingerprint density at radius 1 is 1.10 bits per heavy atom. The van der Waals surface area contributed by atoms with Gasteiger partial charge in [-0.2, -0.15) is 0 Å². The van der Waals surface area contributed by atoms with Gasteiger partial charge in [0.25, 0.3) is 0 Å². The summed E-state index contributed by atoms with van der Waals surface area (Å²) in [6.45, 7) is -0.0445. The van der Waals surface area contributed by atoms with Gasteiger partial charge in [-0.1, -0.05) is 12.1 Å². The fourth-order valence-electron chi connectivity index (χ4n) is 3.09. The maximum Gasteiger partial charge on any atom is 0.231 e. The van der Waals surface area contributed by atoms with Gasteiger partial charge in [-0.15, -0.1) is 11.3 Å². The molecular weight excluding hydrogens is 395 g/mol. The van der Waals surface area contributed by atoms with Crippen molar-refractivity contribution in [2.24, 2.45) is 0 Å². The Bertz CT molecular complexity index is 1220. The van der Waals surface area contributed by atoms with Gasteiger partial charge >= 0.3 is 0 Å². The number of Topliss-reactive ketones (excluding diaryl/α,β-unsaturated/α-hetero) is 1. The number of carbonyl (C=O) groups is 1. The number of fused-ring (bicyclic) bond motifs is 2. The van der Waals surface area contributed by atoms with Crippen molar-refractivity contribution in [1.82, 2.24) is 9.97 Å². The summed E-state index contributed by atoms with van der Waals surface area (Å²) in [4.78, 5) is 21.8. The Kier molecular flexibility index (Phi) is 4.33. The number of halogens is 1. The minimum Gasteiger partial charge on any atom is -0.469 e. The Morgan fingerprint density at radius 3 is 2.79 bits per heavy atom. The van der Waals surface area contributed by atoms with Crippen molar-refractivity contribution in [3.8, 4) is 28.5 Å². The van der Waals surface area contributed by atoms with Gasteiger partial charge in [-0.3, -0.25) is 4.79 Å². The molecule has 1 aliphatic rings. The molecule has 5 rings (SSSR count). The molecule has 0 fully saturated rings. The van der Waals surface area contributed by atoms with Crippen molar-refractivity contribution in [3.05, 3.63) is 65.6 Å². The van der Waals surface area contributed by atoms with Crippen LogP contribution in [0.3, 0.4) is 0 Å². The first-order chi connectivity index (χ1) is 14.2. The van der Waals surface area contributed by atoms with Crippen molar-refractivity contribution >= 4 is 27.3 Å². The molecule has 8 heteroatoms. The molecule has 6 nitrogen and oxygen atoms in total. The highest BCUT2D eigenvalue weighted by atomic mass is 32.1. The molecule has 0 saturated heterocycles. The summed E-state index contributed by atoms with van der Waals surface area (Å²) in [5, 5.41) is 2.61. The lowest BCUT2D eigenvalue weighted by Gasteiger charge is -2.08. The van der Waals surface area contributed by atoms with Crippen LogP contribution in [0.5, 0.6) is 17.4 Å². The molecule has 4 aromatic rings. The third-order valence-corrected chi connectivity index (χ3v) is 5.41. The molecule has 29 heavy (non-hydrogen) atoms. The van der Waals surface area contributed by atoms with Gasteiger partial charge in [0.2, 0.25) is 12.7 Å². The molecule has 0 amide bonds. The van der Waals surface area contributed by atoms with Gasteiger partial charge in [0.1, 0.15) is 17.0 Å². The lowest BCUT2D eigenvalue weighted by atomic mass is 10.1. The molecule has 3 heterocycles. The average Bonchev–Trinajstić information content (AvgIpc) is 3.39. The number of carbonyl (C=O) groups excluding carboxylic acids is 1. The summed E-state index contributed by atoms with van der Waals surface area (Å²) in [7, 11) is 0. The molecule has 0 saturated carbocycles. The highest BCUT2D eigenvalue weighted by molar-refractivity contribution is 7.17. The lowest BCUT2D eigenvalue weighted by Crippen LogP contribution is -2.12. The number of aromatic nitrogens is 2. The second-order valence-electron chi connectivity index (χ2n) is 6.30. The Morgan fingerprint density at radius 2 is 1.93 bits per heavy atom. The minimum absolute atomic E-state index is 0.146. The molecule has 0 bridgehead atoms. The molecule has 1 aliphatic heterocycles. The lowest BCUT2D eigenvalue weighted by molar-refractivity contribution is 0.0919. The zero-order chi connectivity index (χ0) is 19.8. The van der Waals surface area contributed by atoms with Crippen LogP contribution in [-0.4, -0.2) is 29.2 Å². The molecule has 2 aromatic heterocycles. The standard InChI is InChI=1S/C21H13FN2O4S/c22-14-4-1-12(2-5-14)15-9-29-21-19(15)20(23-10-24-21)26-8-16(25)13-3-6-17-18(7-13)28-11-27-17/h1-7,9-10H,8,11H2. The molecule has 0 N–H and O–H groups in total. The number of benzene rings is 2. The van der Waals surface area contributed by atoms with Crippen molar-refractivity contribution in [1.29, 1.82) is 0 Å². The Balaban J connectivity index is 1.42. The first-order valence-corrected chi connectivity index (χ1v) is 9.61. The van der Waals surface area contributed by atoms with Gasteiger partial charge in [0.15, 0.2) is 23.9 Å². The van der Waals surface area contributed by atoms with Crippen LogP contribution < -0.4 is 14.2 Å². The zero-order valence-electron chi connectivity index (χ0n) is 14.9. The maximum absolute atomic E-state index is 13.3. The molecular formula is C21H13FN2O4S. The molecule has 0 unspecified atom stereocenters. The zero-order valence-corrected chi connectivity index (χ0v) is 15.7. The quantitative estimate of drug-likeness (QED) is 0.453. The van der Waals surface area contributed by atoms with E-state index in [-0.39, 0.29) is 25.0 Å². The normalized spacial score (nSPS) is 12.3.